The van der Waals surface area contributed by atoms with E-state index in [1.807, 2.05) is 19.9 Å². The van der Waals surface area contributed by atoms with Gasteiger partial charge in [-0.05, 0) is 20.0 Å². The van der Waals surface area contributed by atoms with Crippen LogP contribution in [0.25, 0.3) is 0 Å². The summed E-state index contributed by atoms with van der Waals surface area (Å²) < 4.78 is 5.31. The minimum Gasteiger partial charge on any atom is -0.379 e. The molecule has 15 heavy (non-hydrogen) atoms. The Morgan fingerprint density at radius 3 is 2.67 bits per heavy atom. The molecule has 0 N–H and O–H groups in total. The van der Waals surface area contributed by atoms with Crippen molar-refractivity contribution in [3.63, 3.8) is 0 Å². The summed E-state index contributed by atoms with van der Waals surface area (Å²) in [6, 6.07) is 0. The fraction of sp³-hybridized carbons (Fsp3) is 0.667. The Morgan fingerprint density at radius 1 is 1.47 bits per heavy atom. The zero-order chi connectivity index (χ0) is 11.1. The molecule has 1 aliphatic heterocycles. The van der Waals surface area contributed by atoms with Gasteiger partial charge in [-0.2, -0.15) is 0 Å². The molecule has 1 saturated heterocycles. The lowest BCUT2D eigenvalue weighted by molar-refractivity contribution is 0.0362. The predicted molar refractivity (Wildman–Crippen MR) is 63.6 cm³/mol. The number of morpholine rings is 1. The summed E-state index contributed by atoms with van der Waals surface area (Å²) in [6.07, 6.45) is 4.14. The average Bonchev–Trinajstić information content (AvgIpc) is 2.25. The highest BCUT2D eigenvalue weighted by Crippen LogP contribution is 2.03. The Kier molecular flexibility index (Phi) is 5.43. The normalized spacial score (nSPS) is 18.3. The van der Waals surface area contributed by atoms with Crippen LogP contribution in [-0.4, -0.2) is 49.2 Å². The smallest absolute Gasteiger partial charge is 0.0594 e. The van der Waals surface area contributed by atoms with Crippen LogP contribution in [0.5, 0.6) is 0 Å². The molecule has 0 radical (unpaired) electrons. The molecule has 0 aromatic carbocycles. The van der Waals surface area contributed by atoms with Gasteiger partial charge in [-0.25, -0.2) is 0 Å². The van der Waals surface area contributed by atoms with Gasteiger partial charge in [-0.15, -0.1) is 0 Å². The fourth-order valence-corrected chi connectivity index (χ4v) is 1.65. The summed E-state index contributed by atoms with van der Waals surface area (Å²) in [7, 11) is 0. The SMILES string of the molecule is C=C(C)N(/C=C\C)CCN1CCOCC1. The molecule has 0 aliphatic carbocycles. The highest BCUT2D eigenvalue weighted by Gasteiger charge is 2.10. The number of allylic oxidation sites excluding steroid dienone is 2. The Morgan fingerprint density at radius 2 is 2.13 bits per heavy atom. The lowest BCUT2D eigenvalue weighted by atomic mass is 10.3. The molecule has 0 bridgehead atoms. The molecule has 0 atom stereocenters. The number of ether oxygens (including phenoxy) is 1. The van der Waals surface area contributed by atoms with Crippen molar-refractivity contribution < 1.29 is 4.74 Å². The molecule has 1 fully saturated rings. The van der Waals surface area contributed by atoms with Crippen LogP contribution in [0.3, 0.4) is 0 Å². The van der Waals surface area contributed by atoms with Gasteiger partial charge in [0.15, 0.2) is 0 Å². The van der Waals surface area contributed by atoms with E-state index in [1.165, 1.54) is 0 Å². The maximum Gasteiger partial charge on any atom is 0.0594 e. The summed E-state index contributed by atoms with van der Waals surface area (Å²) in [6.45, 7) is 14.0. The summed E-state index contributed by atoms with van der Waals surface area (Å²) in [5, 5.41) is 0. The molecule has 3 heteroatoms. The highest BCUT2D eigenvalue weighted by atomic mass is 16.5. The van der Waals surface area contributed by atoms with Crippen LogP contribution in [0.1, 0.15) is 13.8 Å². The van der Waals surface area contributed by atoms with Gasteiger partial charge in [0, 0.05) is 31.9 Å². The Labute approximate surface area is 93.0 Å². The summed E-state index contributed by atoms with van der Waals surface area (Å²) in [4.78, 5) is 4.62. The van der Waals surface area contributed by atoms with Crippen molar-refractivity contribution in [3.8, 4) is 0 Å². The first-order valence-electron chi connectivity index (χ1n) is 5.59. The number of hydrogen-bond donors (Lipinski definition) is 0. The average molecular weight is 210 g/mol. The molecule has 0 spiro atoms. The molecule has 3 nitrogen and oxygen atoms in total. The minimum absolute atomic E-state index is 0.872. The lowest BCUT2D eigenvalue weighted by Gasteiger charge is -2.29. The van der Waals surface area contributed by atoms with Gasteiger partial charge >= 0.3 is 0 Å². The van der Waals surface area contributed by atoms with Gasteiger partial charge in [0.1, 0.15) is 0 Å². The Balaban J connectivity index is 2.28. The van der Waals surface area contributed by atoms with Crippen LogP contribution >= 0.6 is 0 Å². The molecule has 0 aromatic heterocycles. The van der Waals surface area contributed by atoms with Crippen molar-refractivity contribution in [2.75, 3.05) is 39.4 Å². The van der Waals surface area contributed by atoms with E-state index in [9.17, 15) is 0 Å². The van der Waals surface area contributed by atoms with Crippen molar-refractivity contribution in [3.05, 3.63) is 24.6 Å². The first-order valence-corrected chi connectivity index (χ1v) is 5.59. The van der Waals surface area contributed by atoms with Crippen LogP contribution in [0, 0.1) is 0 Å². The van der Waals surface area contributed by atoms with Crippen LogP contribution in [0.4, 0.5) is 0 Å². The predicted octanol–water partition coefficient (Wildman–Crippen LogP) is 1.69. The number of rotatable bonds is 5. The standard InChI is InChI=1S/C12H22N2O/c1-4-5-14(12(2)3)7-6-13-8-10-15-11-9-13/h4-5H,2,6-11H2,1,3H3/b5-4-. The van der Waals surface area contributed by atoms with E-state index in [4.69, 9.17) is 4.74 Å². The van der Waals surface area contributed by atoms with E-state index in [0.29, 0.717) is 0 Å². The van der Waals surface area contributed by atoms with Gasteiger partial charge in [0.25, 0.3) is 0 Å². The monoisotopic (exact) mass is 210 g/mol. The van der Waals surface area contributed by atoms with E-state index in [-0.39, 0.29) is 0 Å². The zero-order valence-electron chi connectivity index (χ0n) is 9.91. The molecular weight excluding hydrogens is 188 g/mol. The highest BCUT2D eigenvalue weighted by molar-refractivity contribution is 4.96. The first-order chi connectivity index (χ1) is 7.24. The maximum atomic E-state index is 5.31. The number of nitrogens with zero attached hydrogens (tertiary/aromatic N) is 2. The Bertz CT molecular complexity index is 220. The molecule has 86 valence electrons. The number of hydrogen-bond acceptors (Lipinski definition) is 3. The second-order valence-corrected chi connectivity index (χ2v) is 3.87. The van der Waals surface area contributed by atoms with Crippen LogP contribution in [0.15, 0.2) is 24.6 Å². The Hall–Kier alpha value is -0.800. The maximum absolute atomic E-state index is 5.31. The van der Waals surface area contributed by atoms with E-state index in [0.717, 1.165) is 45.1 Å². The topological polar surface area (TPSA) is 15.7 Å². The largest absolute Gasteiger partial charge is 0.379 e. The summed E-state index contributed by atoms with van der Waals surface area (Å²) in [5.41, 5.74) is 1.10. The molecule has 0 aromatic rings. The van der Waals surface area contributed by atoms with Crippen LogP contribution in [0.2, 0.25) is 0 Å². The van der Waals surface area contributed by atoms with Crippen LogP contribution in [-0.2, 0) is 4.74 Å². The lowest BCUT2D eigenvalue weighted by Crippen LogP contribution is -2.40. The zero-order valence-corrected chi connectivity index (χ0v) is 9.91. The van der Waals surface area contributed by atoms with E-state index in [1.54, 1.807) is 0 Å². The van der Waals surface area contributed by atoms with Gasteiger partial charge in [0.2, 0.25) is 0 Å². The fourth-order valence-electron chi connectivity index (χ4n) is 1.65. The molecule has 1 aliphatic rings. The molecule has 1 heterocycles. The third-order valence-corrected chi connectivity index (χ3v) is 2.58. The van der Waals surface area contributed by atoms with Crippen molar-refractivity contribution in [1.29, 1.82) is 0 Å². The van der Waals surface area contributed by atoms with Gasteiger partial charge in [0.05, 0.1) is 13.2 Å². The van der Waals surface area contributed by atoms with Crippen molar-refractivity contribution in [2.45, 2.75) is 13.8 Å². The van der Waals surface area contributed by atoms with Crippen molar-refractivity contribution in [1.82, 2.24) is 9.80 Å². The molecule has 0 amide bonds. The van der Waals surface area contributed by atoms with Crippen LogP contribution < -0.4 is 0 Å². The molecule has 0 unspecified atom stereocenters. The second-order valence-electron chi connectivity index (χ2n) is 3.87. The third-order valence-electron chi connectivity index (χ3n) is 2.58. The molecular formula is C12H22N2O. The summed E-state index contributed by atoms with van der Waals surface area (Å²) in [5.74, 6) is 0. The first kappa shape index (κ1) is 12.3. The quantitative estimate of drug-likeness (QED) is 0.687. The van der Waals surface area contributed by atoms with E-state index >= 15 is 0 Å². The summed E-state index contributed by atoms with van der Waals surface area (Å²) >= 11 is 0. The van der Waals surface area contributed by atoms with E-state index in [2.05, 4.69) is 22.6 Å². The van der Waals surface area contributed by atoms with E-state index < -0.39 is 0 Å². The minimum atomic E-state index is 0.872. The van der Waals surface area contributed by atoms with Crippen molar-refractivity contribution in [2.24, 2.45) is 0 Å². The molecule has 1 rings (SSSR count). The van der Waals surface area contributed by atoms with Gasteiger partial charge in [-0.1, -0.05) is 12.7 Å². The molecule has 0 saturated carbocycles. The third kappa shape index (κ3) is 4.49. The second kappa shape index (κ2) is 6.64. The van der Waals surface area contributed by atoms with Gasteiger partial charge < -0.3 is 9.64 Å². The van der Waals surface area contributed by atoms with Crippen molar-refractivity contribution >= 4 is 0 Å². The van der Waals surface area contributed by atoms with Gasteiger partial charge in [-0.3, -0.25) is 4.90 Å².